The van der Waals surface area contributed by atoms with E-state index in [0.717, 1.165) is 0 Å². The van der Waals surface area contributed by atoms with Gasteiger partial charge in [0.05, 0.1) is 4.92 Å². The van der Waals surface area contributed by atoms with E-state index < -0.39 is 4.92 Å². The van der Waals surface area contributed by atoms with E-state index in [0.29, 0.717) is 0 Å². The van der Waals surface area contributed by atoms with Gasteiger partial charge in [-0.3, -0.25) is 10.1 Å². The van der Waals surface area contributed by atoms with E-state index >= 15 is 0 Å². The summed E-state index contributed by atoms with van der Waals surface area (Å²) in [6.45, 7) is 0. The molecule has 2 aromatic carbocycles. The first-order chi connectivity index (χ1) is 8.68. The average Bonchev–Trinajstić information content (AvgIpc) is 2.38. The number of nitro groups is 1. The van der Waals surface area contributed by atoms with Gasteiger partial charge >= 0.3 is 0 Å². The molecular formula is C12H8N3O3. The van der Waals surface area contributed by atoms with Crippen LogP contribution in [0.15, 0.2) is 52.7 Å². The zero-order valence-electron chi connectivity index (χ0n) is 9.15. The number of aromatic hydroxyl groups is 1. The minimum atomic E-state index is -0.536. The molecule has 0 saturated carbocycles. The Labute approximate surface area is 102 Å². The summed E-state index contributed by atoms with van der Waals surface area (Å²) in [5.74, 6) is -0.153. The number of phenols is 1. The van der Waals surface area contributed by atoms with Crippen LogP contribution in [-0.4, -0.2) is 10.0 Å². The quantitative estimate of drug-likeness (QED) is 0.507. The maximum atomic E-state index is 10.7. The number of para-hydroxylation sites is 2. The molecule has 6 nitrogen and oxygen atoms in total. The normalized spacial score (nSPS) is 10.7. The Morgan fingerprint density at radius 1 is 1.11 bits per heavy atom. The van der Waals surface area contributed by atoms with Crippen molar-refractivity contribution in [1.29, 1.82) is 0 Å². The Bertz CT molecular complexity index is 611. The van der Waals surface area contributed by atoms with Crippen LogP contribution >= 0.6 is 0 Å². The number of hydrogen-bond donors (Lipinski definition) is 1. The third kappa shape index (κ3) is 2.49. The highest BCUT2D eigenvalue weighted by Gasteiger charge is 2.11. The summed E-state index contributed by atoms with van der Waals surface area (Å²) in [5, 5.41) is 27.7. The van der Waals surface area contributed by atoms with Crippen LogP contribution in [0.2, 0.25) is 0 Å². The maximum Gasteiger partial charge on any atom is 0.296 e. The number of benzene rings is 2. The zero-order valence-corrected chi connectivity index (χ0v) is 9.15. The maximum absolute atomic E-state index is 10.7. The molecule has 0 saturated heterocycles. The third-order valence-corrected chi connectivity index (χ3v) is 2.16. The second-order valence-electron chi connectivity index (χ2n) is 3.35. The standard InChI is InChI=1S/C12H8N3O3/c16-12-8-4-2-6-10(12)14-13-9-5-1-3-7-11(9)15(17)18/h1-7,16H. The van der Waals surface area contributed by atoms with Gasteiger partial charge in [-0.05, 0) is 12.1 Å². The summed E-state index contributed by atoms with van der Waals surface area (Å²) >= 11 is 0. The molecular weight excluding hydrogens is 234 g/mol. The molecule has 1 N–H and O–H groups in total. The Morgan fingerprint density at radius 2 is 1.78 bits per heavy atom. The van der Waals surface area contributed by atoms with Crippen LogP contribution in [-0.2, 0) is 0 Å². The van der Waals surface area contributed by atoms with Crippen LogP contribution in [0, 0.1) is 16.2 Å². The van der Waals surface area contributed by atoms with E-state index in [-0.39, 0.29) is 22.8 Å². The van der Waals surface area contributed by atoms with E-state index in [4.69, 9.17) is 0 Å². The molecule has 0 fully saturated rings. The second kappa shape index (κ2) is 5.05. The summed E-state index contributed by atoms with van der Waals surface area (Å²) in [4.78, 5) is 10.2. The molecule has 89 valence electrons. The smallest absolute Gasteiger partial charge is 0.296 e. The first-order valence-corrected chi connectivity index (χ1v) is 5.03. The average molecular weight is 242 g/mol. The lowest BCUT2D eigenvalue weighted by atomic mass is 10.3. The summed E-state index contributed by atoms with van der Waals surface area (Å²) in [7, 11) is 0. The van der Waals surface area contributed by atoms with Crippen molar-refractivity contribution < 1.29 is 10.0 Å². The second-order valence-corrected chi connectivity index (χ2v) is 3.35. The molecule has 0 spiro atoms. The molecule has 18 heavy (non-hydrogen) atoms. The van der Waals surface area contributed by atoms with Gasteiger partial charge in [0, 0.05) is 12.1 Å². The van der Waals surface area contributed by atoms with Crippen molar-refractivity contribution in [2.45, 2.75) is 0 Å². The van der Waals surface area contributed by atoms with Gasteiger partial charge in [0.1, 0.15) is 5.69 Å². The largest absolute Gasteiger partial charge is 0.505 e. The molecule has 0 atom stereocenters. The molecule has 0 aliphatic heterocycles. The minimum absolute atomic E-state index is 0.130. The highest BCUT2D eigenvalue weighted by molar-refractivity contribution is 5.57. The van der Waals surface area contributed by atoms with Crippen LogP contribution in [0.4, 0.5) is 17.1 Å². The van der Waals surface area contributed by atoms with Gasteiger partial charge in [-0.2, -0.15) is 0 Å². The summed E-state index contributed by atoms with van der Waals surface area (Å²) in [5.41, 5.74) is 0.196. The van der Waals surface area contributed by atoms with E-state index in [1.165, 1.54) is 24.3 Å². The number of hydrogen-bond acceptors (Lipinski definition) is 5. The van der Waals surface area contributed by atoms with Gasteiger partial charge in [-0.25, -0.2) is 0 Å². The molecule has 0 aliphatic rings. The Kier molecular flexibility index (Phi) is 3.29. The van der Waals surface area contributed by atoms with Crippen LogP contribution < -0.4 is 0 Å². The first-order valence-electron chi connectivity index (χ1n) is 5.03. The van der Waals surface area contributed by atoms with E-state index in [9.17, 15) is 15.2 Å². The lowest BCUT2D eigenvalue weighted by Crippen LogP contribution is -1.86. The Morgan fingerprint density at radius 3 is 2.50 bits per heavy atom. The number of phenolic OH excluding ortho intramolecular Hbond substituents is 1. The van der Waals surface area contributed by atoms with Crippen molar-refractivity contribution in [1.82, 2.24) is 0 Å². The molecule has 0 aromatic heterocycles. The lowest BCUT2D eigenvalue weighted by Gasteiger charge is -1.97. The van der Waals surface area contributed by atoms with E-state index in [1.54, 1.807) is 18.2 Å². The highest BCUT2D eigenvalue weighted by Crippen LogP contribution is 2.30. The fraction of sp³-hybridized carbons (Fsp3) is 0. The monoisotopic (exact) mass is 242 g/mol. The van der Waals surface area contributed by atoms with Crippen LogP contribution in [0.5, 0.6) is 5.75 Å². The SMILES string of the molecule is O=[N+]([O-])c1ccccc1N=Nc1ccc[c]c1O. The molecule has 0 amide bonds. The summed E-state index contributed by atoms with van der Waals surface area (Å²) < 4.78 is 0. The van der Waals surface area contributed by atoms with Crippen molar-refractivity contribution in [3.63, 3.8) is 0 Å². The van der Waals surface area contributed by atoms with Gasteiger partial charge in [-0.1, -0.05) is 24.3 Å². The van der Waals surface area contributed by atoms with E-state index in [1.807, 2.05) is 0 Å². The van der Waals surface area contributed by atoms with Gasteiger partial charge in [-0.15, -0.1) is 10.2 Å². The number of nitro benzene ring substituents is 1. The molecule has 6 heteroatoms. The van der Waals surface area contributed by atoms with Crippen LogP contribution in [0.25, 0.3) is 0 Å². The fourth-order valence-corrected chi connectivity index (χ4v) is 1.31. The Balaban J connectivity index is 2.35. The molecule has 0 heterocycles. The molecule has 0 unspecified atom stereocenters. The van der Waals surface area contributed by atoms with Crippen molar-refractivity contribution >= 4 is 17.1 Å². The predicted octanol–water partition coefficient (Wildman–Crippen LogP) is 3.52. The Hall–Kier alpha value is -2.76. The molecule has 2 aromatic rings. The van der Waals surface area contributed by atoms with Crippen LogP contribution in [0.1, 0.15) is 0 Å². The van der Waals surface area contributed by atoms with Crippen molar-refractivity contribution in [3.05, 3.63) is 58.6 Å². The number of azo groups is 1. The van der Waals surface area contributed by atoms with Crippen molar-refractivity contribution in [2.75, 3.05) is 0 Å². The fourth-order valence-electron chi connectivity index (χ4n) is 1.31. The molecule has 1 radical (unpaired) electrons. The lowest BCUT2D eigenvalue weighted by molar-refractivity contribution is -0.384. The van der Waals surface area contributed by atoms with Gasteiger partial charge in [0.15, 0.2) is 11.4 Å². The first kappa shape index (κ1) is 11.7. The minimum Gasteiger partial charge on any atom is -0.505 e. The van der Waals surface area contributed by atoms with Gasteiger partial charge < -0.3 is 5.11 Å². The number of rotatable bonds is 3. The highest BCUT2D eigenvalue weighted by atomic mass is 16.6. The third-order valence-electron chi connectivity index (χ3n) is 2.16. The van der Waals surface area contributed by atoms with Crippen LogP contribution in [0.3, 0.4) is 0 Å². The summed E-state index contributed by atoms with van der Waals surface area (Å²) in [6, 6.07) is 13.2. The zero-order chi connectivity index (χ0) is 13.0. The predicted molar refractivity (Wildman–Crippen MR) is 64.2 cm³/mol. The number of nitrogens with zero attached hydrogens (tertiary/aromatic N) is 3. The summed E-state index contributed by atoms with van der Waals surface area (Å²) in [6.07, 6.45) is 0. The van der Waals surface area contributed by atoms with Crippen molar-refractivity contribution in [2.24, 2.45) is 10.2 Å². The van der Waals surface area contributed by atoms with Gasteiger partial charge in [0.25, 0.3) is 5.69 Å². The van der Waals surface area contributed by atoms with E-state index in [2.05, 4.69) is 16.3 Å². The molecule has 0 bridgehead atoms. The molecule has 0 aliphatic carbocycles. The van der Waals surface area contributed by atoms with Gasteiger partial charge in [0.2, 0.25) is 0 Å². The molecule has 2 rings (SSSR count). The topological polar surface area (TPSA) is 88.1 Å². The van der Waals surface area contributed by atoms with Crippen molar-refractivity contribution in [3.8, 4) is 5.75 Å².